The molecule has 0 amide bonds. The van der Waals surface area contributed by atoms with Crippen LogP contribution in [0.15, 0.2) is 43.0 Å². The Bertz CT molecular complexity index is 908. The molecule has 1 aromatic carbocycles. The van der Waals surface area contributed by atoms with Gasteiger partial charge in [0.1, 0.15) is 0 Å². The van der Waals surface area contributed by atoms with Gasteiger partial charge in [-0.2, -0.15) is 0 Å². The number of thiophene rings is 1. The molecule has 0 unspecified atom stereocenters. The van der Waals surface area contributed by atoms with Gasteiger partial charge in [-0.1, -0.05) is 0 Å². The quantitative estimate of drug-likeness (QED) is 0.543. The lowest BCUT2D eigenvalue weighted by Crippen LogP contribution is -2.24. The maximum Gasteiger partial charge on any atom is 0.231 e. The summed E-state index contributed by atoms with van der Waals surface area (Å²) in [5, 5.41) is 0. The molecular weight excluding hydrogens is 374 g/mol. The van der Waals surface area contributed by atoms with E-state index in [0.717, 1.165) is 49.7 Å². The molecule has 0 N–H and O–H groups in total. The van der Waals surface area contributed by atoms with Gasteiger partial charge in [0, 0.05) is 48.3 Å². The maximum absolute atomic E-state index is 5.59. The van der Waals surface area contributed by atoms with Gasteiger partial charge in [0.05, 0.1) is 13.4 Å². The highest BCUT2D eigenvalue weighted by Gasteiger charge is 2.21. The first-order valence-electron chi connectivity index (χ1n) is 9.41. The zero-order valence-electron chi connectivity index (χ0n) is 16.3. The number of methoxy groups -OCH3 is 1. The van der Waals surface area contributed by atoms with Crippen LogP contribution in [-0.4, -0.2) is 34.9 Å². The van der Waals surface area contributed by atoms with Crippen molar-refractivity contribution in [3.63, 3.8) is 0 Å². The molecule has 7 heteroatoms. The van der Waals surface area contributed by atoms with Crippen molar-refractivity contribution in [3.05, 3.63) is 58.3 Å². The van der Waals surface area contributed by atoms with E-state index in [9.17, 15) is 0 Å². The van der Waals surface area contributed by atoms with E-state index in [-0.39, 0.29) is 6.79 Å². The first-order valence-corrected chi connectivity index (χ1v) is 10.2. The summed E-state index contributed by atoms with van der Waals surface area (Å²) in [6.07, 6.45) is 6.76. The molecule has 0 radical (unpaired) electrons. The topological polar surface area (TPSA) is 48.8 Å². The molecule has 6 nitrogen and oxygen atoms in total. The van der Waals surface area contributed by atoms with Crippen LogP contribution >= 0.6 is 11.3 Å². The second kappa shape index (κ2) is 8.67. The summed E-state index contributed by atoms with van der Waals surface area (Å²) in [6, 6.07) is 8.53. The van der Waals surface area contributed by atoms with Crippen molar-refractivity contribution in [1.29, 1.82) is 0 Å². The fraction of sp³-hybridized carbons (Fsp3) is 0.381. The lowest BCUT2D eigenvalue weighted by atomic mass is 10.1. The molecule has 0 fully saturated rings. The molecule has 0 atom stereocenters. The zero-order chi connectivity index (χ0) is 19.3. The molecule has 0 spiro atoms. The third kappa shape index (κ3) is 4.48. The highest BCUT2D eigenvalue weighted by molar-refractivity contribution is 7.11. The summed E-state index contributed by atoms with van der Waals surface area (Å²) >= 11 is 1.86. The summed E-state index contributed by atoms with van der Waals surface area (Å²) < 4.78 is 18.7. The SMILES string of the molecule is COc1cc(CN(CCCn2ccnc2)Cc2ccc(C)s2)cc2c1OCO2. The van der Waals surface area contributed by atoms with Crippen LogP contribution in [0.5, 0.6) is 17.2 Å². The minimum atomic E-state index is 0.248. The molecule has 1 aliphatic heterocycles. The van der Waals surface area contributed by atoms with E-state index in [2.05, 4.69) is 45.6 Å². The number of aryl methyl sites for hydroxylation is 2. The highest BCUT2D eigenvalue weighted by atomic mass is 32.1. The number of fused-ring (bicyclic) bond motifs is 1. The Morgan fingerprint density at radius 2 is 2.18 bits per heavy atom. The molecule has 0 saturated carbocycles. The van der Waals surface area contributed by atoms with E-state index < -0.39 is 0 Å². The van der Waals surface area contributed by atoms with Crippen LogP contribution in [0.3, 0.4) is 0 Å². The van der Waals surface area contributed by atoms with Crippen LogP contribution < -0.4 is 14.2 Å². The average Bonchev–Trinajstić information content (AvgIpc) is 3.43. The van der Waals surface area contributed by atoms with Crippen LogP contribution in [0.25, 0.3) is 0 Å². The van der Waals surface area contributed by atoms with Gasteiger partial charge in [0.25, 0.3) is 0 Å². The third-order valence-electron chi connectivity index (χ3n) is 4.75. The molecule has 0 bridgehead atoms. The van der Waals surface area contributed by atoms with Crippen LogP contribution in [0.4, 0.5) is 0 Å². The van der Waals surface area contributed by atoms with Gasteiger partial charge < -0.3 is 18.8 Å². The first-order chi connectivity index (χ1) is 13.7. The summed E-state index contributed by atoms with van der Waals surface area (Å²) in [7, 11) is 1.67. The van der Waals surface area contributed by atoms with E-state index in [1.807, 2.05) is 30.1 Å². The molecule has 3 aromatic rings. The number of hydrogen-bond donors (Lipinski definition) is 0. The van der Waals surface area contributed by atoms with E-state index in [4.69, 9.17) is 14.2 Å². The van der Waals surface area contributed by atoms with Crippen molar-refractivity contribution >= 4 is 11.3 Å². The maximum atomic E-state index is 5.59. The first kappa shape index (κ1) is 18.8. The lowest BCUT2D eigenvalue weighted by Gasteiger charge is -2.22. The van der Waals surface area contributed by atoms with Crippen molar-refractivity contribution in [2.45, 2.75) is 33.0 Å². The number of imidazole rings is 1. The smallest absolute Gasteiger partial charge is 0.231 e. The monoisotopic (exact) mass is 399 g/mol. The van der Waals surface area contributed by atoms with E-state index >= 15 is 0 Å². The molecule has 0 aliphatic carbocycles. The Morgan fingerprint density at radius 1 is 1.25 bits per heavy atom. The highest BCUT2D eigenvalue weighted by Crippen LogP contribution is 2.42. The number of nitrogens with zero attached hydrogens (tertiary/aromatic N) is 3. The van der Waals surface area contributed by atoms with Crippen LogP contribution in [0, 0.1) is 6.92 Å². The molecular formula is C21H25N3O3S. The van der Waals surface area contributed by atoms with Gasteiger partial charge in [-0.3, -0.25) is 4.90 Å². The van der Waals surface area contributed by atoms with Crippen LogP contribution in [0.1, 0.15) is 21.7 Å². The average molecular weight is 400 g/mol. The van der Waals surface area contributed by atoms with Gasteiger partial charge in [-0.25, -0.2) is 4.98 Å². The number of aromatic nitrogens is 2. The molecule has 28 heavy (non-hydrogen) atoms. The Morgan fingerprint density at radius 3 is 2.93 bits per heavy atom. The predicted octanol–water partition coefficient (Wildman–Crippen LogP) is 4.08. The van der Waals surface area contributed by atoms with Crippen molar-refractivity contribution in [3.8, 4) is 17.2 Å². The standard InChI is InChI=1S/C21H25N3O3S/c1-16-4-5-18(28-16)13-24(8-3-7-23-9-6-22-14-23)12-17-10-19(25-2)21-20(11-17)26-15-27-21/h4-6,9-11,14H,3,7-8,12-13,15H2,1-2H3. The van der Waals surface area contributed by atoms with Gasteiger partial charge in [0.15, 0.2) is 11.5 Å². The number of benzene rings is 1. The molecule has 0 saturated heterocycles. The van der Waals surface area contributed by atoms with E-state index in [1.165, 1.54) is 9.75 Å². The van der Waals surface area contributed by atoms with Gasteiger partial charge in [0.2, 0.25) is 12.5 Å². The van der Waals surface area contributed by atoms with E-state index in [1.54, 1.807) is 7.11 Å². The lowest BCUT2D eigenvalue weighted by molar-refractivity contribution is 0.171. The number of hydrogen-bond acceptors (Lipinski definition) is 6. The second-order valence-corrected chi connectivity index (χ2v) is 8.28. The van der Waals surface area contributed by atoms with Crippen LogP contribution in [0.2, 0.25) is 0 Å². The van der Waals surface area contributed by atoms with Crippen molar-refractivity contribution in [2.24, 2.45) is 0 Å². The molecule has 2 aromatic heterocycles. The fourth-order valence-corrected chi connectivity index (χ4v) is 4.37. The van der Waals surface area contributed by atoms with E-state index in [0.29, 0.717) is 5.75 Å². The van der Waals surface area contributed by atoms with Crippen molar-refractivity contribution < 1.29 is 14.2 Å². The van der Waals surface area contributed by atoms with Gasteiger partial charge >= 0.3 is 0 Å². The summed E-state index contributed by atoms with van der Waals surface area (Å²) in [5.41, 5.74) is 1.16. The molecule has 1 aliphatic rings. The molecule has 148 valence electrons. The van der Waals surface area contributed by atoms with Crippen LogP contribution in [-0.2, 0) is 19.6 Å². The summed E-state index contributed by atoms with van der Waals surface area (Å²) in [4.78, 5) is 9.32. The largest absolute Gasteiger partial charge is 0.493 e. The Balaban J connectivity index is 1.47. The third-order valence-corrected chi connectivity index (χ3v) is 5.74. The second-order valence-electron chi connectivity index (χ2n) is 6.91. The molecule has 4 rings (SSSR count). The Kier molecular flexibility index (Phi) is 5.83. The minimum absolute atomic E-state index is 0.248. The van der Waals surface area contributed by atoms with Crippen molar-refractivity contribution in [1.82, 2.24) is 14.5 Å². The fourth-order valence-electron chi connectivity index (χ4n) is 3.43. The Hall–Kier alpha value is -2.51. The number of rotatable bonds is 9. The molecule has 3 heterocycles. The number of ether oxygens (including phenoxy) is 3. The minimum Gasteiger partial charge on any atom is -0.493 e. The predicted molar refractivity (Wildman–Crippen MR) is 109 cm³/mol. The zero-order valence-corrected chi connectivity index (χ0v) is 17.1. The van der Waals surface area contributed by atoms with Crippen molar-refractivity contribution in [2.75, 3.05) is 20.4 Å². The normalized spacial score (nSPS) is 12.7. The van der Waals surface area contributed by atoms with Gasteiger partial charge in [-0.05, 0) is 43.2 Å². The van der Waals surface area contributed by atoms with Gasteiger partial charge in [-0.15, -0.1) is 11.3 Å². The summed E-state index contributed by atoms with van der Waals surface area (Å²) in [6.45, 7) is 6.11. The summed E-state index contributed by atoms with van der Waals surface area (Å²) in [5.74, 6) is 2.20. The Labute approximate surface area is 169 Å².